The Morgan fingerprint density at radius 2 is 1.56 bits per heavy atom. The number of aryl methyl sites for hydroxylation is 5. The van der Waals surface area contributed by atoms with Gasteiger partial charge >= 0.3 is 0 Å². The molecular formula is C33H41N9O3. The number of aromatic nitrogens is 6. The average Bonchev–Trinajstić information content (AvgIpc) is 3.68. The third-order valence-electron chi connectivity index (χ3n) is 8.27. The normalized spacial score (nSPS) is 11.5. The Morgan fingerprint density at radius 1 is 0.867 bits per heavy atom. The number of unbranched alkanes of at least 4 members (excludes halogenated alkanes) is 1. The molecule has 5 aromatic rings. The predicted molar refractivity (Wildman–Crippen MR) is 175 cm³/mol. The molecule has 0 aliphatic carbocycles. The summed E-state index contributed by atoms with van der Waals surface area (Å²) in [6, 6.07) is 12.8. The Balaban J connectivity index is 1.40. The van der Waals surface area contributed by atoms with Gasteiger partial charge in [0.15, 0.2) is 0 Å². The molecule has 0 radical (unpaired) electrons. The van der Waals surface area contributed by atoms with Crippen molar-refractivity contribution in [3.63, 3.8) is 0 Å². The quantitative estimate of drug-likeness (QED) is 0.151. The number of fused-ring (bicyclic) bond motifs is 2. The molecule has 4 N–H and O–H groups in total. The van der Waals surface area contributed by atoms with Crippen molar-refractivity contribution in [2.45, 2.75) is 79.9 Å². The molecule has 3 amide bonds. The first-order valence-corrected chi connectivity index (χ1v) is 15.6. The largest absolute Gasteiger partial charge is 0.366 e. The van der Waals surface area contributed by atoms with Crippen LogP contribution in [0.5, 0.6) is 0 Å². The van der Waals surface area contributed by atoms with E-state index >= 15 is 0 Å². The summed E-state index contributed by atoms with van der Waals surface area (Å²) in [5.74, 6) is -0.0252. The highest BCUT2D eigenvalue weighted by molar-refractivity contribution is 6.03. The summed E-state index contributed by atoms with van der Waals surface area (Å²) in [6.45, 7) is 11.6. The van der Waals surface area contributed by atoms with Gasteiger partial charge in [0.2, 0.25) is 23.7 Å². The van der Waals surface area contributed by atoms with Crippen molar-refractivity contribution in [1.82, 2.24) is 28.9 Å². The van der Waals surface area contributed by atoms with Crippen molar-refractivity contribution in [2.24, 2.45) is 11.7 Å². The molecule has 3 heterocycles. The van der Waals surface area contributed by atoms with Crippen LogP contribution in [0.1, 0.15) is 78.6 Å². The number of para-hydroxylation sites is 1. The fraction of sp³-hybridized carbons (Fsp3) is 0.394. The highest BCUT2D eigenvalue weighted by atomic mass is 16.2. The first-order valence-electron chi connectivity index (χ1n) is 15.6. The van der Waals surface area contributed by atoms with Gasteiger partial charge in [-0.05, 0) is 82.3 Å². The van der Waals surface area contributed by atoms with Gasteiger partial charge in [-0.1, -0.05) is 26.0 Å². The molecule has 0 bridgehead atoms. The molecule has 0 unspecified atom stereocenters. The topological polar surface area (TPSA) is 155 Å². The first kappa shape index (κ1) is 31.4. The molecule has 3 aromatic heterocycles. The fourth-order valence-corrected chi connectivity index (χ4v) is 5.83. The Bertz CT molecular complexity index is 1880. The van der Waals surface area contributed by atoms with Gasteiger partial charge in [0.1, 0.15) is 5.69 Å². The van der Waals surface area contributed by atoms with Crippen LogP contribution in [0.3, 0.4) is 0 Å². The number of rotatable bonds is 13. The summed E-state index contributed by atoms with van der Waals surface area (Å²) in [4.78, 5) is 47.6. The van der Waals surface area contributed by atoms with Crippen molar-refractivity contribution in [3.05, 3.63) is 65.0 Å². The smallest absolute Gasteiger partial charge is 0.276 e. The summed E-state index contributed by atoms with van der Waals surface area (Å²) in [5, 5.41) is 10.4. The standard InChI is InChI=1S/C33H41N9O3/c1-6-22(7-2)30(44)37-33-35-24-13-11-12-20(4)28(24)41(33)17-10-9-16-40-26-15-14-23(29(34)43)19-25(26)36-32(40)38-31(45)27-18-21(5)39-42(27)8-3/h11-15,18-19,22H,6-10,16-17H2,1-5H3,(H2,34,43)(H,35,37,44)(H,36,38,45). The number of primary amides is 1. The average molecular weight is 612 g/mol. The Morgan fingerprint density at radius 3 is 2.24 bits per heavy atom. The molecule has 0 atom stereocenters. The molecule has 0 aliphatic rings. The van der Waals surface area contributed by atoms with E-state index in [1.165, 1.54) is 0 Å². The van der Waals surface area contributed by atoms with E-state index < -0.39 is 5.91 Å². The molecule has 0 saturated carbocycles. The summed E-state index contributed by atoms with van der Waals surface area (Å²) in [6.07, 6.45) is 3.03. The number of anilines is 2. The maximum absolute atomic E-state index is 13.3. The van der Waals surface area contributed by atoms with E-state index in [2.05, 4.69) is 25.3 Å². The van der Waals surface area contributed by atoms with Crippen LogP contribution in [-0.2, 0) is 24.4 Å². The van der Waals surface area contributed by atoms with Crippen molar-refractivity contribution in [1.29, 1.82) is 0 Å². The van der Waals surface area contributed by atoms with E-state index in [0.29, 0.717) is 48.3 Å². The van der Waals surface area contributed by atoms with E-state index in [0.717, 1.165) is 53.5 Å². The predicted octanol–water partition coefficient (Wildman–Crippen LogP) is 5.43. The van der Waals surface area contributed by atoms with Crippen LogP contribution in [0.2, 0.25) is 0 Å². The summed E-state index contributed by atoms with van der Waals surface area (Å²) < 4.78 is 5.69. The van der Waals surface area contributed by atoms with Crippen LogP contribution in [-0.4, -0.2) is 46.6 Å². The van der Waals surface area contributed by atoms with Crippen LogP contribution in [0.25, 0.3) is 22.1 Å². The van der Waals surface area contributed by atoms with Gasteiger partial charge in [-0.3, -0.25) is 29.7 Å². The van der Waals surface area contributed by atoms with E-state index in [1.807, 2.05) is 57.4 Å². The van der Waals surface area contributed by atoms with Crippen LogP contribution in [0, 0.1) is 19.8 Å². The molecule has 45 heavy (non-hydrogen) atoms. The van der Waals surface area contributed by atoms with E-state index in [9.17, 15) is 14.4 Å². The molecular weight excluding hydrogens is 570 g/mol. The monoisotopic (exact) mass is 611 g/mol. The van der Waals surface area contributed by atoms with Crippen molar-refractivity contribution >= 4 is 51.7 Å². The molecule has 2 aromatic carbocycles. The first-order chi connectivity index (χ1) is 21.6. The third kappa shape index (κ3) is 6.45. The minimum Gasteiger partial charge on any atom is -0.366 e. The van der Waals surface area contributed by atoms with Crippen molar-refractivity contribution in [2.75, 3.05) is 10.6 Å². The number of nitrogens with one attached hydrogen (secondary N) is 2. The van der Waals surface area contributed by atoms with Crippen molar-refractivity contribution in [3.8, 4) is 0 Å². The maximum Gasteiger partial charge on any atom is 0.276 e. The SMILES string of the molecule is CCC(CC)C(=O)Nc1nc2cccc(C)c2n1CCCCn1c(NC(=O)c2cc(C)nn2CC)nc2cc(C(N)=O)ccc21. The molecule has 12 nitrogen and oxygen atoms in total. The minimum atomic E-state index is -0.547. The van der Waals surface area contributed by atoms with Crippen LogP contribution >= 0.6 is 0 Å². The Hall–Kier alpha value is -5.00. The second-order valence-electron chi connectivity index (χ2n) is 11.3. The molecule has 12 heteroatoms. The van der Waals surface area contributed by atoms with E-state index in [-0.39, 0.29) is 17.7 Å². The van der Waals surface area contributed by atoms with Gasteiger partial charge in [-0.15, -0.1) is 0 Å². The van der Waals surface area contributed by atoms with Gasteiger partial charge in [0.25, 0.3) is 5.91 Å². The number of carbonyl (C=O) groups is 3. The molecule has 5 rings (SSSR count). The highest BCUT2D eigenvalue weighted by Gasteiger charge is 2.21. The molecule has 0 aliphatic heterocycles. The van der Waals surface area contributed by atoms with Crippen LogP contribution < -0.4 is 16.4 Å². The number of hydrogen-bond acceptors (Lipinski definition) is 6. The molecule has 0 fully saturated rings. The summed E-state index contributed by atoms with van der Waals surface area (Å²) in [7, 11) is 0. The summed E-state index contributed by atoms with van der Waals surface area (Å²) in [5.41, 5.74) is 11.3. The lowest BCUT2D eigenvalue weighted by Gasteiger charge is -2.15. The van der Waals surface area contributed by atoms with Crippen molar-refractivity contribution < 1.29 is 14.4 Å². The Labute approximate surface area is 262 Å². The third-order valence-corrected chi connectivity index (χ3v) is 8.27. The van der Waals surface area contributed by atoms with Crippen LogP contribution in [0.15, 0.2) is 42.5 Å². The highest BCUT2D eigenvalue weighted by Crippen LogP contribution is 2.26. The number of nitrogens with zero attached hydrogens (tertiary/aromatic N) is 6. The van der Waals surface area contributed by atoms with Gasteiger partial charge in [0.05, 0.1) is 27.8 Å². The van der Waals surface area contributed by atoms with Gasteiger partial charge in [-0.25, -0.2) is 9.97 Å². The second kappa shape index (κ2) is 13.3. The Kier molecular flexibility index (Phi) is 9.31. The zero-order chi connectivity index (χ0) is 32.2. The number of hydrogen-bond donors (Lipinski definition) is 3. The van der Waals surface area contributed by atoms with Gasteiger partial charge < -0.3 is 14.9 Å². The number of amides is 3. The van der Waals surface area contributed by atoms with E-state index in [4.69, 9.17) is 10.7 Å². The fourth-order valence-electron chi connectivity index (χ4n) is 5.83. The molecule has 0 spiro atoms. The lowest BCUT2D eigenvalue weighted by Crippen LogP contribution is -2.24. The number of benzene rings is 2. The second-order valence-corrected chi connectivity index (χ2v) is 11.3. The summed E-state index contributed by atoms with van der Waals surface area (Å²) >= 11 is 0. The van der Waals surface area contributed by atoms with Crippen LogP contribution in [0.4, 0.5) is 11.9 Å². The number of carbonyl (C=O) groups excluding carboxylic acids is 3. The zero-order valence-corrected chi connectivity index (χ0v) is 26.6. The zero-order valence-electron chi connectivity index (χ0n) is 26.6. The van der Waals surface area contributed by atoms with Gasteiger partial charge in [0, 0.05) is 31.1 Å². The van der Waals surface area contributed by atoms with E-state index in [1.54, 1.807) is 28.9 Å². The number of nitrogens with two attached hydrogens (primary N) is 1. The lowest BCUT2D eigenvalue weighted by atomic mass is 10.0. The number of imidazole rings is 2. The molecule has 236 valence electrons. The molecule has 0 saturated heterocycles. The maximum atomic E-state index is 13.3. The lowest BCUT2D eigenvalue weighted by molar-refractivity contribution is -0.120. The van der Waals surface area contributed by atoms with Gasteiger partial charge in [-0.2, -0.15) is 5.10 Å². The minimum absolute atomic E-state index is 0.0191.